The van der Waals surface area contributed by atoms with Crippen LogP contribution in [0.25, 0.3) is 15.2 Å². The predicted molar refractivity (Wildman–Crippen MR) is 55.6 cm³/mol. The molecule has 0 aliphatic heterocycles. The number of hydrogen-bond donors (Lipinski definition) is 0. The Morgan fingerprint density at radius 1 is 1.38 bits per heavy atom. The van der Waals surface area contributed by atoms with Crippen LogP contribution in [0.5, 0.6) is 0 Å². The van der Waals surface area contributed by atoms with E-state index in [0.717, 1.165) is 15.5 Å². The number of para-hydroxylation sites is 1. The van der Waals surface area contributed by atoms with Gasteiger partial charge in [0.05, 0.1) is 15.2 Å². The fourth-order valence-electron chi connectivity index (χ4n) is 1.45. The molecular formula is C9H5ClN2S. The highest BCUT2D eigenvalue weighted by Crippen LogP contribution is 2.30. The Kier molecular flexibility index (Phi) is 1.39. The maximum absolute atomic E-state index is 6.09. The van der Waals surface area contributed by atoms with Crippen molar-refractivity contribution in [2.45, 2.75) is 0 Å². The second kappa shape index (κ2) is 2.47. The lowest BCUT2D eigenvalue weighted by Gasteiger charge is -1.92. The molecule has 13 heavy (non-hydrogen) atoms. The van der Waals surface area contributed by atoms with Crippen LogP contribution in [0.3, 0.4) is 0 Å². The fraction of sp³-hybridized carbons (Fsp3) is 0. The van der Waals surface area contributed by atoms with Gasteiger partial charge in [0.2, 0.25) is 0 Å². The third-order valence-electron chi connectivity index (χ3n) is 2.00. The first-order valence-corrected chi connectivity index (χ1v) is 5.06. The third kappa shape index (κ3) is 0.913. The molecule has 64 valence electrons. The molecule has 0 N–H and O–H groups in total. The van der Waals surface area contributed by atoms with Crippen LogP contribution >= 0.6 is 22.9 Å². The third-order valence-corrected chi connectivity index (χ3v) is 3.34. The van der Waals surface area contributed by atoms with E-state index in [1.54, 1.807) is 17.5 Å². The van der Waals surface area contributed by atoms with Gasteiger partial charge in [-0.1, -0.05) is 29.0 Å². The lowest BCUT2D eigenvalue weighted by molar-refractivity contribution is 1.30. The number of aromatic nitrogens is 2. The minimum atomic E-state index is 0.779. The fourth-order valence-corrected chi connectivity index (χ4v) is 2.78. The SMILES string of the molecule is Clc1cccc2sc3nccn3c12. The van der Waals surface area contributed by atoms with Crippen molar-refractivity contribution in [1.82, 2.24) is 9.38 Å². The molecule has 3 rings (SSSR count). The summed E-state index contributed by atoms with van der Waals surface area (Å²) in [5, 5.41) is 0.779. The van der Waals surface area contributed by atoms with Crippen molar-refractivity contribution in [2.24, 2.45) is 0 Å². The first-order chi connectivity index (χ1) is 6.36. The van der Waals surface area contributed by atoms with Crippen LogP contribution in [-0.2, 0) is 0 Å². The molecule has 0 unspecified atom stereocenters. The molecule has 2 nitrogen and oxygen atoms in total. The van der Waals surface area contributed by atoms with Crippen molar-refractivity contribution in [3.8, 4) is 0 Å². The Balaban J connectivity index is 2.68. The van der Waals surface area contributed by atoms with E-state index >= 15 is 0 Å². The molecule has 0 radical (unpaired) electrons. The average molecular weight is 209 g/mol. The summed E-state index contributed by atoms with van der Waals surface area (Å²) in [7, 11) is 0. The van der Waals surface area contributed by atoms with Crippen molar-refractivity contribution >= 4 is 38.1 Å². The van der Waals surface area contributed by atoms with Gasteiger partial charge in [-0.05, 0) is 12.1 Å². The highest BCUT2D eigenvalue weighted by atomic mass is 35.5. The van der Waals surface area contributed by atoms with E-state index in [-0.39, 0.29) is 0 Å². The van der Waals surface area contributed by atoms with Gasteiger partial charge in [-0.3, -0.25) is 4.40 Å². The molecule has 0 aliphatic carbocycles. The Morgan fingerprint density at radius 3 is 3.23 bits per heavy atom. The maximum atomic E-state index is 6.09. The first kappa shape index (κ1) is 7.35. The van der Waals surface area contributed by atoms with Gasteiger partial charge >= 0.3 is 0 Å². The van der Waals surface area contributed by atoms with Crippen LogP contribution in [0.2, 0.25) is 5.02 Å². The number of rotatable bonds is 0. The van der Waals surface area contributed by atoms with Crippen molar-refractivity contribution in [1.29, 1.82) is 0 Å². The first-order valence-electron chi connectivity index (χ1n) is 3.86. The minimum absolute atomic E-state index is 0.779. The molecule has 4 heteroatoms. The van der Waals surface area contributed by atoms with E-state index in [0.29, 0.717) is 0 Å². The van der Waals surface area contributed by atoms with Gasteiger partial charge in [0.1, 0.15) is 0 Å². The monoisotopic (exact) mass is 208 g/mol. The van der Waals surface area contributed by atoms with E-state index < -0.39 is 0 Å². The summed E-state index contributed by atoms with van der Waals surface area (Å²) >= 11 is 7.74. The van der Waals surface area contributed by atoms with E-state index in [9.17, 15) is 0 Å². The van der Waals surface area contributed by atoms with Crippen LogP contribution in [0, 0.1) is 0 Å². The summed E-state index contributed by atoms with van der Waals surface area (Å²) in [5.41, 5.74) is 1.06. The summed E-state index contributed by atoms with van der Waals surface area (Å²) in [4.78, 5) is 5.21. The van der Waals surface area contributed by atoms with Crippen molar-refractivity contribution in [2.75, 3.05) is 0 Å². The topological polar surface area (TPSA) is 17.3 Å². The summed E-state index contributed by atoms with van der Waals surface area (Å²) < 4.78 is 3.19. The Hall–Kier alpha value is -1.06. The lowest BCUT2D eigenvalue weighted by atomic mass is 10.3. The second-order valence-corrected chi connectivity index (χ2v) is 4.18. The molecule has 0 spiro atoms. The Labute approximate surface area is 83.4 Å². The van der Waals surface area contributed by atoms with Gasteiger partial charge in [0.25, 0.3) is 0 Å². The average Bonchev–Trinajstić information content (AvgIpc) is 2.62. The molecule has 2 aromatic heterocycles. The van der Waals surface area contributed by atoms with E-state index in [4.69, 9.17) is 11.6 Å². The molecule has 2 heterocycles. The molecule has 0 bridgehead atoms. The number of nitrogens with zero attached hydrogens (tertiary/aromatic N) is 2. The van der Waals surface area contributed by atoms with Gasteiger partial charge in [-0.25, -0.2) is 4.98 Å². The van der Waals surface area contributed by atoms with Gasteiger partial charge in [0.15, 0.2) is 4.96 Å². The molecule has 0 atom stereocenters. The predicted octanol–water partition coefficient (Wildman–Crippen LogP) is 3.20. The summed E-state index contributed by atoms with van der Waals surface area (Å²) in [6, 6.07) is 5.91. The zero-order chi connectivity index (χ0) is 8.84. The molecule has 1 aromatic carbocycles. The molecule has 3 aromatic rings. The highest BCUT2D eigenvalue weighted by molar-refractivity contribution is 7.23. The van der Waals surface area contributed by atoms with Crippen LogP contribution in [0.1, 0.15) is 0 Å². The van der Waals surface area contributed by atoms with Crippen LogP contribution in [0.15, 0.2) is 30.6 Å². The smallest absolute Gasteiger partial charge is 0.194 e. The van der Waals surface area contributed by atoms with Gasteiger partial charge in [-0.15, -0.1) is 0 Å². The lowest BCUT2D eigenvalue weighted by Crippen LogP contribution is -1.77. The van der Waals surface area contributed by atoms with Crippen LogP contribution in [0.4, 0.5) is 0 Å². The zero-order valence-corrected chi connectivity index (χ0v) is 8.14. The van der Waals surface area contributed by atoms with E-state index in [1.807, 2.05) is 22.7 Å². The molecule has 0 saturated carbocycles. The van der Waals surface area contributed by atoms with E-state index in [2.05, 4.69) is 11.1 Å². The normalized spacial score (nSPS) is 11.5. The van der Waals surface area contributed by atoms with Crippen LogP contribution in [-0.4, -0.2) is 9.38 Å². The summed E-state index contributed by atoms with van der Waals surface area (Å²) in [6.45, 7) is 0. The maximum Gasteiger partial charge on any atom is 0.194 e. The number of benzene rings is 1. The number of hydrogen-bond acceptors (Lipinski definition) is 2. The largest absolute Gasteiger partial charge is 0.289 e. The Morgan fingerprint density at radius 2 is 2.31 bits per heavy atom. The molecule has 0 amide bonds. The summed E-state index contributed by atoms with van der Waals surface area (Å²) in [6.07, 6.45) is 3.72. The van der Waals surface area contributed by atoms with Crippen molar-refractivity contribution < 1.29 is 0 Å². The number of fused-ring (bicyclic) bond motifs is 3. The van der Waals surface area contributed by atoms with Gasteiger partial charge in [-0.2, -0.15) is 0 Å². The summed E-state index contributed by atoms with van der Waals surface area (Å²) in [5.74, 6) is 0. The van der Waals surface area contributed by atoms with Crippen molar-refractivity contribution in [3.63, 3.8) is 0 Å². The zero-order valence-electron chi connectivity index (χ0n) is 6.57. The minimum Gasteiger partial charge on any atom is -0.289 e. The second-order valence-electron chi connectivity index (χ2n) is 2.77. The van der Waals surface area contributed by atoms with Gasteiger partial charge < -0.3 is 0 Å². The molecular weight excluding hydrogens is 204 g/mol. The van der Waals surface area contributed by atoms with Crippen molar-refractivity contribution in [3.05, 3.63) is 35.6 Å². The molecule has 0 aliphatic rings. The number of thiazole rings is 1. The standard InChI is InChI=1S/C9H5ClN2S/c10-6-2-1-3-7-8(6)12-5-4-11-9(12)13-7/h1-5H. The Bertz CT molecular complexity index is 581. The number of halogens is 1. The van der Waals surface area contributed by atoms with Crippen LogP contribution < -0.4 is 0 Å². The number of imidazole rings is 1. The van der Waals surface area contributed by atoms with Gasteiger partial charge in [0, 0.05) is 12.4 Å². The molecule has 0 saturated heterocycles. The molecule has 0 fully saturated rings. The highest BCUT2D eigenvalue weighted by Gasteiger charge is 2.06. The quantitative estimate of drug-likeness (QED) is 0.555. The van der Waals surface area contributed by atoms with E-state index in [1.165, 1.54) is 4.70 Å².